The van der Waals surface area contributed by atoms with E-state index < -0.39 is 0 Å². The van der Waals surface area contributed by atoms with Gasteiger partial charge in [0.2, 0.25) is 5.91 Å². The van der Waals surface area contributed by atoms with Crippen LogP contribution >= 0.6 is 0 Å². The first kappa shape index (κ1) is 14.6. The van der Waals surface area contributed by atoms with Crippen molar-refractivity contribution in [2.45, 2.75) is 18.9 Å². The van der Waals surface area contributed by atoms with Crippen molar-refractivity contribution in [3.05, 3.63) is 66.1 Å². The summed E-state index contributed by atoms with van der Waals surface area (Å²) < 4.78 is 5.30. The first-order valence-corrected chi connectivity index (χ1v) is 7.86. The monoisotopic (exact) mass is 320 g/mol. The quantitative estimate of drug-likeness (QED) is 0.739. The Balaban J connectivity index is 1.48. The summed E-state index contributed by atoms with van der Waals surface area (Å²) in [6, 6.07) is 15.5. The van der Waals surface area contributed by atoms with Gasteiger partial charge in [-0.1, -0.05) is 41.6 Å². The van der Waals surface area contributed by atoms with Crippen molar-refractivity contribution in [1.82, 2.24) is 20.0 Å². The summed E-state index contributed by atoms with van der Waals surface area (Å²) in [5.74, 6) is 1.04. The predicted octanol–water partition coefficient (Wildman–Crippen LogP) is 2.65. The fourth-order valence-corrected chi connectivity index (χ4v) is 2.90. The van der Waals surface area contributed by atoms with Crippen LogP contribution in [0.25, 0.3) is 11.6 Å². The molecule has 6 nitrogen and oxygen atoms in total. The Hall–Kier alpha value is -3.02. The van der Waals surface area contributed by atoms with Crippen LogP contribution in [0, 0.1) is 0 Å². The summed E-state index contributed by atoms with van der Waals surface area (Å²) in [6.45, 7) is 1.22. The molecule has 0 radical (unpaired) electrons. The molecular formula is C18H16N4O2. The standard InChI is InChI=1S/C18H16N4O2/c23-16-10-14(12-22(16)11-13-6-2-1-3-7-13)17-20-18(24-21-17)15-8-4-5-9-19-15/h1-9,14H,10-12H2/t14-/m0/s1. The maximum atomic E-state index is 12.3. The SMILES string of the molecule is O=C1C[C@H](c2noc(-c3ccccn3)n2)CN1Cc1ccccc1. The predicted molar refractivity (Wildman–Crippen MR) is 86.7 cm³/mol. The van der Waals surface area contributed by atoms with Gasteiger partial charge in [-0.2, -0.15) is 4.98 Å². The Labute approximate surface area is 139 Å². The first-order chi connectivity index (χ1) is 11.8. The van der Waals surface area contributed by atoms with Gasteiger partial charge in [0.15, 0.2) is 5.82 Å². The van der Waals surface area contributed by atoms with Gasteiger partial charge in [-0.3, -0.25) is 9.78 Å². The minimum atomic E-state index is -0.0394. The first-order valence-electron chi connectivity index (χ1n) is 7.86. The molecule has 0 saturated carbocycles. The topological polar surface area (TPSA) is 72.1 Å². The van der Waals surface area contributed by atoms with Crippen LogP contribution in [-0.2, 0) is 11.3 Å². The summed E-state index contributed by atoms with van der Waals surface area (Å²) in [5.41, 5.74) is 1.76. The molecule has 1 aromatic carbocycles. The number of hydrogen-bond acceptors (Lipinski definition) is 5. The Morgan fingerprint density at radius 1 is 1.12 bits per heavy atom. The molecule has 6 heteroatoms. The Kier molecular flexibility index (Phi) is 3.78. The molecule has 0 bridgehead atoms. The normalized spacial score (nSPS) is 17.4. The highest BCUT2D eigenvalue weighted by atomic mass is 16.5. The molecule has 1 atom stereocenters. The summed E-state index contributed by atoms with van der Waals surface area (Å²) in [6.07, 6.45) is 2.09. The third kappa shape index (κ3) is 2.90. The van der Waals surface area contributed by atoms with Crippen LogP contribution in [0.3, 0.4) is 0 Å². The van der Waals surface area contributed by atoms with E-state index in [2.05, 4.69) is 15.1 Å². The van der Waals surface area contributed by atoms with Crippen LogP contribution in [0.2, 0.25) is 0 Å². The van der Waals surface area contributed by atoms with E-state index in [1.54, 1.807) is 6.20 Å². The average molecular weight is 320 g/mol. The zero-order valence-corrected chi connectivity index (χ0v) is 13.0. The van der Waals surface area contributed by atoms with Crippen molar-refractivity contribution in [2.24, 2.45) is 0 Å². The van der Waals surface area contributed by atoms with Crippen LogP contribution in [0.5, 0.6) is 0 Å². The Morgan fingerprint density at radius 2 is 1.96 bits per heavy atom. The molecule has 1 aliphatic heterocycles. The molecule has 120 valence electrons. The zero-order valence-electron chi connectivity index (χ0n) is 13.0. The second kappa shape index (κ2) is 6.23. The summed E-state index contributed by atoms with van der Waals surface area (Å²) in [5, 5.41) is 4.05. The average Bonchev–Trinajstić information content (AvgIpc) is 3.24. The third-order valence-electron chi connectivity index (χ3n) is 4.12. The van der Waals surface area contributed by atoms with E-state index in [1.807, 2.05) is 53.4 Å². The van der Waals surface area contributed by atoms with Gasteiger partial charge < -0.3 is 9.42 Å². The molecule has 1 aliphatic rings. The lowest BCUT2D eigenvalue weighted by atomic mass is 10.1. The van der Waals surface area contributed by atoms with E-state index in [-0.39, 0.29) is 11.8 Å². The number of amides is 1. The van der Waals surface area contributed by atoms with E-state index in [9.17, 15) is 4.79 Å². The summed E-state index contributed by atoms with van der Waals surface area (Å²) in [4.78, 5) is 22.7. The van der Waals surface area contributed by atoms with E-state index in [4.69, 9.17) is 4.52 Å². The number of likely N-dealkylation sites (tertiary alicyclic amines) is 1. The molecule has 0 spiro atoms. The lowest BCUT2D eigenvalue weighted by Crippen LogP contribution is -2.24. The minimum Gasteiger partial charge on any atom is -0.338 e. The number of benzene rings is 1. The van der Waals surface area contributed by atoms with Gasteiger partial charge in [0.1, 0.15) is 5.69 Å². The molecule has 0 N–H and O–H groups in total. The molecule has 1 amide bonds. The zero-order chi connectivity index (χ0) is 16.4. The molecule has 1 fully saturated rings. The van der Waals surface area contributed by atoms with Gasteiger partial charge in [0.05, 0.1) is 0 Å². The minimum absolute atomic E-state index is 0.0394. The van der Waals surface area contributed by atoms with E-state index >= 15 is 0 Å². The lowest BCUT2D eigenvalue weighted by molar-refractivity contribution is -0.128. The number of carbonyl (C=O) groups excluding carboxylic acids is 1. The fourth-order valence-electron chi connectivity index (χ4n) is 2.90. The molecule has 2 aromatic heterocycles. The smallest absolute Gasteiger partial charge is 0.276 e. The molecular weight excluding hydrogens is 304 g/mol. The molecule has 1 saturated heterocycles. The molecule has 0 unspecified atom stereocenters. The van der Waals surface area contributed by atoms with Gasteiger partial charge in [0.25, 0.3) is 5.89 Å². The number of hydrogen-bond donors (Lipinski definition) is 0. The molecule has 0 aliphatic carbocycles. The van der Waals surface area contributed by atoms with E-state index in [0.717, 1.165) is 5.56 Å². The summed E-state index contributed by atoms with van der Waals surface area (Å²) >= 11 is 0. The van der Waals surface area contributed by atoms with Crippen LogP contribution < -0.4 is 0 Å². The number of carbonyl (C=O) groups is 1. The molecule has 3 aromatic rings. The maximum Gasteiger partial charge on any atom is 0.276 e. The number of aromatic nitrogens is 3. The van der Waals surface area contributed by atoms with E-state index in [0.29, 0.717) is 36.9 Å². The second-order valence-electron chi connectivity index (χ2n) is 5.83. The maximum absolute atomic E-state index is 12.3. The van der Waals surface area contributed by atoms with Gasteiger partial charge in [-0.05, 0) is 17.7 Å². The Morgan fingerprint density at radius 3 is 2.75 bits per heavy atom. The van der Waals surface area contributed by atoms with Crippen molar-refractivity contribution in [1.29, 1.82) is 0 Å². The van der Waals surface area contributed by atoms with Crippen molar-refractivity contribution >= 4 is 5.91 Å². The van der Waals surface area contributed by atoms with Gasteiger partial charge in [-0.15, -0.1) is 0 Å². The third-order valence-corrected chi connectivity index (χ3v) is 4.12. The number of pyridine rings is 1. The number of nitrogens with zero attached hydrogens (tertiary/aromatic N) is 4. The van der Waals surface area contributed by atoms with Gasteiger partial charge >= 0.3 is 0 Å². The van der Waals surface area contributed by atoms with Gasteiger partial charge in [0, 0.05) is 31.6 Å². The molecule has 3 heterocycles. The van der Waals surface area contributed by atoms with Crippen molar-refractivity contribution in [3.63, 3.8) is 0 Å². The van der Waals surface area contributed by atoms with Crippen molar-refractivity contribution in [3.8, 4) is 11.6 Å². The van der Waals surface area contributed by atoms with Crippen LogP contribution in [-0.4, -0.2) is 32.5 Å². The molecule has 24 heavy (non-hydrogen) atoms. The Bertz CT molecular complexity index is 832. The van der Waals surface area contributed by atoms with Crippen molar-refractivity contribution in [2.75, 3.05) is 6.54 Å². The number of rotatable bonds is 4. The highest BCUT2D eigenvalue weighted by molar-refractivity contribution is 5.79. The van der Waals surface area contributed by atoms with Gasteiger partial charge in [-0.25, -0.2) is 0 Å². The lowest BCUT2D eigenvalue weighted by Gasteiger charge is -2.15. The van der Waals surface area contributed by atoms with Crippen LogP contribution in [0.15, 0.2) is 59.3 Å². The second-order valence-corrected chi connectivity index (χ2v) is 5.83. The fraction of sp³-hybridized carbons (Fsp3) is 0.222. The van der Waals surface area contributed by atoms with Crippen LogP contribution in [0.1, 0.15) is 23.7 Å². The summed E-state index contributed by atoms with van der Waals surface area (Å²) in [7, 11) is 0. The van der Waals surface area contributed by atoms with E-state index in [1.165, 1.54) is 0 Å². The highest BCUT2D eigenvalue weighted by Gasteiger charge is 2.33. The highest BCUT2D eigenvalue weighted by Crippen LogP contribution is 2.28. The molecule has 4 rings (SSSR count). The largest absolute Gasteiger partial charge is 0.338 e. The van der Waals surface area contributed by atoms with Crippen molar-refractivity contribution < 1.29 is 9.32 Å². The van der Waals surface area contributed by atoms with Crippen LogP contribution in [0.4, 0.5) is 0 Å².